The number of rotatable bonds is 2. The molecule has 1 aliphatic rings. The van der Waals surface area contributed by atoms with Crippen LogP contribution < -0.4 is 0 Å². The van der Waals surface area contributed by atoms with Crippen molar-refractivity contribution in [3.63, 3.8) is 0 Å². The summed E-state index contributed by atoms with van der Waals surface area (Å²) in [4.78, 5) is 17.8. The SMILES string of the molecule is O=C(c1ccncc1)N1CCO[C@@H](c2ccccc2C(F)(F)F)C1. The molecule has 0 saturated carbocycles. The van der Waals surface area contributed by atoms with E-state index in [1.165, 1.54) is 35.5 Å². The Morgan fingerprint density at radius 3 is 2.58 bits per heavy atom. The summed E-state index contributed by atoms with van der Waals surface area (Å²) in [5, 5.41) is 0. The van der Waals surface area contributed by atoms with Crippen molar-refractivity contribution in [3.8, 4) is 0 Å². The van der Waals surface area contributed by atoms with Crippen LogP contribution in [0.25, 0.3) is 0 Å². The summed E-state index contributed by atoms with van der Waals surface area (Å²) < 4.78 is 45.1. The summed E-state index contributed by atoms with van der Waals surface area (Å²) >= 11 is 0. The van der Waals surface area contributed by atoms with E-state index in [4.69, 9.17) is 4.74 Å². The molecule has 2 heterocycles. The first-order valence-corrected chi connectivity index (χ1v) is 7.44. The zero-order chi connectivity index (χ0) is 17.2. The van der Waals surface area contributed by atoms with Crippen molar-refractivity contribution in [2.75, 3.05) is 19.7 Å². The summed E-state index contributed by atoms with van der Waals surface area (Å²) in [6, 6.07) is 8.47. The number of alkyl halides is 3. The predicted molar refractivity (Wildman–Crippen MR) is 80.3 cm³/mol. The summed E-state index contributed by atoms with van der Waals surface area (Å²) in [5.41, 5.74) is -0.222. The van der Waals surface area contributed by atoms with E-state index in [2.05, 4.69) is 4.98 Å². The molecule has 1 amide bonds. The van der Waals surface area contributed by atoms with Crippen LogP contribution >= 0.6 is 0 Å². The van der Waals surface area contributed by atoms with Crippen LogP contribution in [0.15, 0.2) is 48.8 Å². The van der Waals surface area contributed by atoms with Crippen molar-refractivity contribution >= 4 is 5.91 Å². The van der Waals surface area contributed by atoms with Crippen LogP contribution in [0.3, 0.4) is 0 Å². The van der Waals surface area contributed by atoms with Crippen molar-refractivity contribution in [2.24, 2.45) is 0 Å². The number of hydrogen-bond donors (Lipinski definition) is 0. The van der Waals surface area contributed by atoms with E-state index < -0.39 is 17.8 Å². The van der Waals surface area contributed by atoms with Gasteiger partial charge >= 0.3 is 6.18 Å². The summed E-state index contributed by atoms with van der Waals surface area (Å²) in [6.07, 6.45) is -2.26. The molecule has 1 aromatic carbocycles. The maximum Gasteiger partial charge on any atom is 0.416 e. The van der Waals surface area contributed by atoms with Gasteiger partial charge in [0.2, 0.25) is 0 Å². The fourth-order valence-electron chi connectivity index (χ4n) is 2.73. The van der Waals surface area contributed by atoms with Crippen molar-refractivity contribution < 1.29 is 22.7 Å². The average Bonchev–Trinajstić information content (AvgIpc) is 2.61. The summed E-state index contributed by atoms with van der Waals surface area (Å²) in [6.45, 7) is 0.605. The highest BCUT2D eigenvalue weighted by Crippen LogP contribution is 2.36. The molecule has 0 aliphatic carbocycles. The number of carbonyl (C=O) groups excluding carboxylic acids is 1. The Morgan fingerprint density at radius 2 is 1.88 bits per heavy atom. The molecular weight excluding hydrogens is 321 g/mol. The Labute approximate surface area is 136 Å². The molecule has 24 heavy (non-hydrogen) atoms. The highest BCUT2D eigenvalue weighted by molar-refractivity contribution is 5.94. The Bertz CT molecular complexity index is 719. The highest BCUT2D eigenvalue weighted by Gasteiger charge is 2.37. The Kier molecular flexibility index (Phi) is 4.53. The lowest BCUT2D eigenvalue weighted by molar-refractivity contribution is -0.140. The van der Waals surface area contributed by atoms with Gasteiger partial charge in [-0.2, -0.15) is 13.2 Å². The molecule has 0 radical (unpaired) electrons. The van der Waals surface area contributed by atoms with Crippen molar-refractivity contribution in [1.82, 2.24) is 9.88 Å². The minimum atomic E-state index is -4.46. The van der Waals surface area contributed by atoms with Gasteiger partial charge in [0.25, 0.3) is 5.91 Å². The molecule has 0 N–H and O–H groups in total. The van der Waals surface area contributed by atoms with Crippen molar-refractivity contribution in [1.29, 1.82) is 0 Å². The normalized spacial score (nSPS) is 18.5. The zero-order valence-corrected chi connectivity index (χ0v) is 12.7. The zero-order valence-electron chi connectivity index (χ0n) is 12.7. The number of benzene rings is 1. The van der Waals surface area contributed by atoms with E-state index >= 15 is 0 Å². The molecule has 4 nitrogen and oxygen atoms in total. The Balaban J connectivity index is 1.83. The monoisotopic (exact) mass is 336 g/mol. The van der Waals surface area contributed by atoms with Crippen LogP contribution in [-0.4, -0.2) is 35.5 Å². The molecule has 126 valence electrons. The second kappa shape index (κ2) is 6.60. The highest BCUT2D eigenvalue weighted by atomic mass is 19.4. The first-order valence-electron chi connectivity index (χ1n) is 7.44. The Hall–Kier alpha value is -2.41. The van der Waals surface area contributed by atoms with Crippen LogP contribution in [0.5, 0.6) is 0 Å². The van der Waals surface area contributed by atoms with Crippen LogP contribution in [0.2, 0.25) is 0 Å². The summed E-state index contributed by atoms with van der Waals surface area (Å²) in [7, 11) is 0. The molecule has 1 aromatic heterocycles. The first-order chi connectivity index (χ1) is 11.5. The van der Waals surface area contributed by atoms with E-state index in [0.717, 1.165) is 6.07 Å². The first kappa shape index (κ1) is 16.4. The molecule has 1 saturated heterocycles. The van der Waals surface area contributed by atoms with E-state index in [1.807, 2.05) is 0 Å². The van der Waals surface area contributed by atoms with Gasteiger partial charge in [0.15, 0.2) is 0 Å². The maximum atomic E-state index is 13.2. The molecule has 0 spiro atoms. The third kappa shape index (κ3) is 3.41. The van der Waals surface area contributed by atoms with Gasteiger partial charge in [-0.15, -0.1) is 0 Å². The van der Waals surface area contributed by atoms with E-state index in [1.54, 1.807) is 12.1 Å². The number of nitrogens with zero attached hydrogens (tertiary/aromatic N) is 2. The fraction of sp³-hybridized carbons (Fsp3) is 0.294. The van der Waals surface area contributed by atoms with Crippen molar-refractivity contribution in [3.05, 3.63) is 65.5 Å². The lowest BCUT2D eigenvalue weighted by Gasteiger charge is -2.34. The molecule has 1 aliphatic heterocycles. The smallest absolute Gasteiger partial charge is 0.370 e. The number of halogens is 3. The Morgan fingerprint density at radius 1 is 1.17 bits per heavy atom. The third-order valence-corrected chi connectivity index (χ3v) is 3.89. The summed E-state index contributed by atoms with van der Waals surface area (Å²) in [5.74, 6) is -0.241. The van der Waals surface area contributed by atoms with Crippen molar-refractivity contribution in [2.45, 2.75) is 12.3 Å². The van der Waals surface area contributed by atoms with Gasteiger partial charge in [0, 0.05) is 24.5 Å². The maximum absolute atomic E-state index is 13.2. The predicted octanol–water partition coefficient (Wildman–Crippen LogP) is 3.31. The van der Waals surface area contributed by atoms with Gasteiger partial charge in [-0.3, -0.25) is 9.78 Å². The van der Waals surface area contributed by atoms with E-state index in [9.17, 15) is 18.0 Å². The average molecular weight is 336 g/mol. The second-order valence-electron chi connectivity index (χ2n) is 5.43. The van der Waals surface area contributed by atoms with Gasteiger partial charge < -0.3 is 9.64 Å². The fourth-order valence-corrected chi connectivity index (χ4v) is 2.73. The number of carbonyl (C=O) groups is 1. The van der Waals surface area contributed by atoms with E-state index in [0.29, 0.717) is 12.1 Å². The van der Waals surface area contributed by atoms with Crippen LogP contribution in [0.1, 0.15) is 27.6 Å². The number of aromatic nitrogens is 1. The number of pyridine rings is 1. The van der Waals surface area contributed by atoms with Gasteiger partial charge in [-0.05, 0) is 23.8 Å². The molecule has 0 bridgehead atoms. The molecule has 1 fully saturated rings. The lowest BCUT2D eigenvalue weighted by atomic mass is 10.0. The topological polar surface area (TPSA) is 42.4 Å². The van der Waals surface area contributed by atoms with E-state index in [-0.39, 0.29) is 24.6 Å². The van der Waals surface area contributed by atoms with Crippen LogP contribution in [0.4, 0.5) is 13.2 Å². The minimum absolute atomic E-state index is 0.0530. The lowest BCUT2D eigenvalue weighted by Crippen LogP contribution is -2.42. The quantitative estimate of drug-likeness (QED) is 0.845. The third-order valence-electron chi connectivity index (χ3n) is 3.89. The number of morpholine rings is 1. The molecule has 2 aromatic rings. The molecule has 3 rings (SSSR count). The standard InChI is InChI=1S/C17H15F3N2O2/c18-17(19,20)14-4-2-1-3-13(14)15-11-22(9-10-24-15)16(23)12-5-7-21-8-6-12/h1-8,15H,9-11H2/t15-/m1/s1. The molecule has 7 heteroatoms. The molecule has 1 atom stereocenters. The van der Waals surface area contributed by atoms with Crippen LogP contribution in [0, 0.1) is 0 Å². The second-order valence-corrected chi connectivity index (χ2v) is 5.43. The van der Waals surface area contributed by atoms with Gasteiger partial charge in [-0.25, -0.2) is 0 Å². The van der Waals surface area contributed by atoms with Crippen LogP contribution in [-0.2, 0) is 10.9 Å². The number of amides is 1. The largest absolute Gasteiger partial charge is 0.416 e. The minimum Gasteiger partial charge on any atom is -0.370 e. The molecule has 0 unspecified atom stereocenters. The molecular formula is C17H15F3N2O2. The number of ether oxygens (including phenoxy) is 1. The van der Waals surface area contributed by atoms with Gasteiger partial charge in [0.05, 0.1) is 18.7 Å². The number of hydrogen-bond acceptors (Lipinski definition) is 3. The van der Waals surface area contributed by atoms with Gasteiger partial charge in [0.1, 0.15) is 6.10 Å². The van der Waals surface area contributed by atoms with Gasteiger partial charge in [-0.1, -0.05) is 18.2 Å².